The van der Waals surface area contributed by atoms with Gasteiger partial charge in [-0.3, -0.25) is 4.79 Å². The van der Waals surface area contributed by atoms with Crippen LogP contribution in [0.5, 0.6) is 5.75 Å². The Morgan fingerprint density at radius 1 is 1.00 bits per heavy atom. The average molecular weight is 439 g/mol. The van der Waals surface area contributed by atoms with E-state index in [0.717, 1.165) is 52.7 Å². The van der Waals surface area contributed by atoms with Gasteiger partial charge in [0.05, 0.1) is 13.5 Å². The number of fused-ring (bicyclic) bond motifs is 1. The van der Waals surface area contributed by atoms with Gasteiger partial charge in [-0.1, -0.05) is 46.3 Å². The first kappa shape index (κ1) is 18.8. The van der Waals surface area contributed by atoms with E-state index in [1.54, 1.807) is 7.11 Å². The fraction of sp³-hybridized carbons (Fsp3) is 0.261. The van der Waals surface area contributed by atoms with E-state index >= 15 is 0 Å². The van der Waals surface area contributed by atoms with E-state index in [2.05, 4.69) is 57.2 Å². The van der Waals surface area contributed by atoms with E-state index in [1.807, 2.05) is 29.2 Å². The summed E-state index contributed by atoms with van der Waals surface area (Å²) in [5.41, 5.74) is 2.18. The third-order valence-corrected chi connectivity index (χ3v) is 5.85. The molecule has 3 aromatic rings. The molecular formula is C23H23BrN2O2. The van der Waals surface area contributed by atoms with Crippen molar-refractivity contribution in [2.45, 2.75) is 6.42 Å². The first-order valence-electron chi connectivity index (χ1n) is 9.48. The molecule has 1 aliphatic rings. The zero-order valence-electron chi connectivity index (χ0n) is 15.9. The number of hydrogen-bond donors (Lipinski definition) is 0. The lowest BCUT2D eigenvalue weighted by molar-refractivity contribution is -0.130. The monoisotopic (exact) mass is 438 g/mol. The van der Waals surface area contributed by atoms with Crippen LogP contribution in [0, 0.1) is 0 Å². The summed E-state index contributed by atoms with van der Waals surface area (Å²) in [6, 6.07) is 20.5. The van der Waals surface area contributed by atoms with Gasteiger partial charge < -0.3 is 14.5 Å². The molecule has 1 saturated heterocycles. The summed E-state index contributed by atoms with van der Waals surface area (Å²) >= 11 is 3.52. The first-order chi connectivity index (χ1) is 13.7. The number of carbonyl (C=O) groups excluding carboxylic acids is 1. The second-order valence-corrected chi connectivity index (χ2v) is 7.91. The van der Waals surface area contributed by atoms with E-state index in [9.17, 15) is 4.79 Å². The van der Waals surface area contributed by atoms with Crippen molar-refractivity contribution in [2.75, 3.05) is 38.2 Å². The second kappa shape index (κ2) is 8.23. The Kier molecular flexibility index (Phi) is 5.53. The summed E-state index contributed by atoms with van der Waals surface area (Å²) in [6.07, 6.45) is 0.355. The van der Waals surface area contributed by atoms with Crippen molar-refractivity contribution in [3.05, 3.63) is 70.7 Å². The summed E-state index contributed by atoms with van der Waals surface area (Å²) in [6.45, 7) is 3.20. The number of nitrogens with zero attached hydrogens (tertiary/aromatic N) is 2. The van der Waals surface area contributed by atoms with Gasteiger partial charge in [-0.25, -0.2) is 0 Å². The van der Waals surface area contributed by atoms with Crippen LogP contribution in [0.15, 0.2) is 65.1 Å². The summed E-state index contributed by atoms with van der Waals surface area (Å²) in [7, 11) is 1.66. The second-order valence-electron chi connectivity index (χ2n) is 6.99. The molecule has 0 spiro atoms. The number of carbonyl (C=O) groups is 1. The van der Waals surface area contributed by atoms with Gasteiger partial charge in [0, 0.05) is 41.9 Å². The molecule has 4 nitrogen and oxygen atoms in total. The van der Waals surface area contributed by atoms with E-state index < -0.39 is 0 Å². The Hall–Kier alpha value is -2.53. The minimum absolute atomic E-state index is 0.154. The molecule has 0 N–H and O–H groups in total. The average Bonchev–Trinajstić information content (AvgIpc) is 2.74. The SMILES string of the molecule is COc1ccc2cc(Br)ccc2c1CC(=O)N1CCN(c2ccccc2)CC1. The molecule has 1 fully saturated rings. The Morgan fingerprint density at radius 2 is 1.75 bits per heavy atom. The molecule has 3 aromatic carbocycles. The molecule has 0 aliphatic carbocycles. The molecule has 0 saturated carbocycles. The molecule has 144 valence electrons. The largest absolute Gasteiger partial charge is 0.496 e. The number of rotatable bonds is 4. The topological polar surface area (TPSA) is 32.8 Å². The molecule has 0 radical (unpaired) electrons. The quantitative estimate of drug-likeness (QED) is 0.600. The number of piperazine rings is 1. The van der Waals surface area contributed by atoms with Gasteiger partial charge >= 0.3 is 0 Å². The minimum atomic E-state index is 0.154. The van der Waals surface area contributed by atoms with Crippen molar-refractivity contribution >= 4 is 38.3 Å². The van der Waals surface area contributed by atoms with Gasteiger partial charge in [0.2, 0.25) is 5.91 Å². The molecule has 5 heteroatoms. The smallest absolute Gasteiger partial charge is 0.227 e. The fourth-order valence-corrected chi connectivity index (χ4v) is 4.21. The fourth-order valence-electron chi connectivity index (χ4n) is 3.83. The van der Waals surface area contributed by atoms with Gasteiger partial charge in [-0.2, -0.15) is 0 Å². The number of ether oxygens (including phenoxy) is 1. The standard InChI is InChI=1S/C23H23BrN2O2/c1-28-22-10-7-17-15-18(24)8-9-20(17)21(22)16-23(27)26-13-11-25(12-14-26)19-5-3-2-4-6-19/h2-10,15H,11-14,16H2,1H3. The molecule has 1 amide bonds. The van der Waals surface area contributed by atoms with E-state index in [1.165, 1.54) is 5.69 Å². The number of para-hydroxylation sites is 1. The third kappa shape index (κ3) is 3.85. The zero-order valence-corrected chi connectivity index (χ0v) is 17.5. The number of benzene rings is 3. The molecule has 0 bridgehead atoms. The highest BCUT2D eigenvalue weighted by Gasteiger charge is 2.23. The van der Waals surface area contributed by atoms with E-state index in [4.69, 9.17) is 4.74 Å². The van der Waals surface area contributed by atoms with Crippen molar-refractivity contribution in [2.24, 2.45) is 0 Å². The molecule has 28 heavy (non-hydrogen) atoms. The van der Waals surface area contributed by atoms with Crippen LogP contribution in [0.3, 0.4) is 0 Å². The predicted octanol–water partition coefficient (Wildman–Crippen LogP) is 4.50. The molecule has 1 heterocycles. The van der Waals surface area contributed by atoms with Crippen LogP contribution in [-0.2, 0) is 11.2 Å². The molecule has 1 aliphatic heterocycles. The van der Waals surface area contributed by atoms with Crippen molar-refractivity contribution in [1.29, 1.82) is 0 Å². The summed E-state index contributed by atoms with van der Waals surface area (Å²) in [5, 5.41) is 2.17. The normalized spacial score (nSPS) is 14.4. The predicted molar refractivity (Wildman–Crippen MR) is 117 cm³/mol. The first-order valence-corrected chi connectivity index (χ1v) is 10.3. The molecule has 0 atom stereocenters. The van der Waals surface area contributed by atoms with Crippen LogP contribution in [0.1, 0.15) is 5.56 Å². The third-order valence-electron chi connectivity index (χ3n) is 5.35. The number of anilines is 1. The Labute approximate surface area is 173 Å². The van der Waals surface area contributed by atoms with Crippen molar-refractivity contribution in [3.63, 3.8) is 0 Å². The van der Waals surface area contributed by atoms with E-state index in [0.29, 0.717) is 6.42 Å². The molecular weight excluding hydrogens is 416 g/mol. The lowest BCUT2D eigenvalue weighted by atomic mass is 10.00. The van der Waals surface area contributed by atoms with Gasteiger partial charge in [0.15, 0.2) is 0 Å². The summed E-state index contributed by atoms with van der Waals surface area (Å²) < 4.78 is 6.58. The van der Waals surface area contributed by atoms with Crippen LogP contribution in [0.4, 0.5) is 5.69 Å². The van der Waals surface area contributed by atoms with Crippen LogP contribution >= 0.6 is 15.9 Å². The Balaban J connectivity index is 1.50. The van der Waals surface area contributed by atoms with Gasteiger partial charge in [-0.05, 0) is 41.1 Å². The van der Waals surface area contributed by atoms with Crippen molar-refractivity contribution in [1.82, 2.24) is 4.90 Å². The maximum atomic E-state index is 13.0. The van der Waals surface area contributed by atoms with Crippen molar-refractivity contribution < 1.29 is 9.53 Å². The molecule has 4 rings (SSSR count). The van der Waals surface area contributed by atoms with Gasteiger partial charge in [-0.15, -0.1) is 0 Å². The highest BCUT2D eigenvalue weighted by molar-refractivity contribution is 9.10. The van der Waals surface area contributed by atoms with Crippen LogP contribution < -0.4 is 9.64 Å². The van der Waals surface area contributed by atoms with Crippen LogP contribution in [-0.4, -0.2) is 44.1 Å². The van der Waals surface area contributed by atoms with Gasteiger partial charge in [0.1, 0.15) is 5.75 Å². The highest BCUT2D eigenvalue weighted by Crippen LogP contribution is 2.31. The summed E-state index contributed by atoms with van der Waals surface area (Å²) in [5.74, 6) is 0.924. The number of amides is 1. The Morgan fingerprint density at radius 3 is 2.46 bits per heavy atom. The van der Waals surface area contributed by atoms with Crippen LogP contribution in [0.2, 0.25) is 0 Å². The van der Waals surface area contributed by atoms with Crippen LogP contribution in [0.25, 0.3) is 10.8 Å². The molecule has 0 unspecified atom stereocenters. The maximum absolute atomic E-state index is 13.0. The van der Waals surface area contributed by atoms with Crippen molar-refractivity contribution in [3.8, 4) is 5.75 Å². The number of methoxy groups -OCH3 is 1. The Bertz CT molecular complexity index is 983. The lowest BCUT2D eigenvalue weighted by Gasteiger charge is -2.36. The highest BCUT2D eigenvalue weighted by atomic mass is 79.9. The molecule has 0 aromatic heterocycles. The maximum Gasteiger partial charge on any atom is 0.227 e. The summed E-state index contributed by atoms with van der Waals surface area (Å²) in [4.78, 5) is 17.3. The zero-order chi connectivity index (χ0) is 19.5. The number of hydrogen-bond acceptors (Lipinski definition) is 3. The van der Waals surface area contributed by atoms with E-state index in [-0.39, 0.29) is 5.91 Å². The van der Waals surface area contributed by atoms with Gasteiger partial charge in [0.25, 0.3) is 0 Å². The lowest BCUT2D eigenvalue weighted by Crippen LogP contribution is -2.49. The minimum Gasteiger partial charge on any atom is -0.496 e. The number of halogens is 1.